The molecule has 0 heterocycles. The topological polar surface area (TPSA) is 46.2 Å². The van der Waals surface area contributed by atoms with Gasteiger partial charge in [0.2, 0.25) is 0 Å². The summed E-state index contributed by atoms with van der Waals surface area (Å²) >= 11 is 0. The highest BCUT2D eigenvalue weighted by atomic mass is 19.1. The summed E-state index contributed by atoms with van der Waals surface area (Å²) in [5.74, 6) is -0.217. The fraction of sp³-hybridized carbons (Fsp3) is 0.571. The highest BCUT2D eigenvalue weighted by Gasteiger charge is 2.41. The number of aliphatic hydroxyl groups excluding tert-OH is 1. The molecule has 1 aliphatic rings. The SMILES string of the molecule is Cc1ccc(F)cc1CC1(CN)CCCC1O. The third-order valence-electron chi connectivity index (χ3n) is 4.12. The molecule has 2 nitrogen and oxygen atoms in total. The van der Waals surface area contributed by atoms with Crippen LogP contribution in [0.2, 0.25) is 0 Å². The average molecular weight is 237 g/mol. The molecule has 2 unspecified atom stereocenters. The van der Waals surface area contributed by atoms with Crippen LogP contribution in [0.15, 0.2) is 18.2 Å². The summed E-state index contributed by atoms with van der Waals surface area (Å²) in [4.78, 5) is 0. The van der Waals surface area contributed by atoms with Gasteiger partial charge in [0.25, 0.3) is 0 Å². The standard InChI is InChI=1S/C14H20FNO/c1-10-4-5-12(15)7-11(10)8-14(9-16)6-2-3-13(14)17/h4-5,7,13,17H,2-3,6,8-9,16H2,1H3. The lowest BCUT2D eigenvalue weighted by Crippen LogP contribution is -2.39. The van der Waals surface area contributed by atoms with Gasteiger partial charge >= 0.3 is 0 Å². The molecule has 2 atom stereocenters. The number of benzene rings is 1. The molecule has 3 N–H and O–H groups in total. The summed E-state index contributed by atoms with van der Waals surface area (Å²) in [7, 11) is 0. The van der Waals surface area contributed by atoms with E-state index in [9.17, 15) is 9.50 Å². The van der Waals surface area contributed by atoms with Crippen LogP contribution in [0, 0.1) is 18.2 Å². The van der Waals surface area contributed by atoms with Crippen molar-refractivity contribution in [3.63, 3.8) is 0 Å². The summed E-state index contributed by atoms with van der Waals surface area (Å²) in [6.45, 7) is 2.43. The molecule has 0 radical (unpaired) electrons. The van der Waals surface area contributed by atoms with Crippen LogP contribution in [0.4, 0.5) is 4.39 Å². The predicted molar refractivity (Wildman–Crippen MR) is 66.2 cm³/mol. The lowest BCUT2D eigenvalue weighted by molar-refractivity contribution is 0.0587. The maximum Gasteiger partial charge on any atom is 0.123 e. The van der Waals surface area contributed by atoms with Gasteiger partial charge in [-0.25, -0.2) is 4.39 Å². The van der Waals surface area contributed by atoms with E-state index in [2.05, 4.69) is 0 Å². The molecule has 0 bridgehead atoms. The number of hydrogen-bond donors (Lipinski definition) is 2. The minimum Gasteiger partial charge on any atom is -0.392 e. The predicted octanol–water partition coefficient (Wildman–Crippen LogP) is 2.17. The molecule has 3 heteroatoms. The Balaban J connectivity index is 2.27. The molecule has 1 aromatic rings. The maximum absolute atomic E-state index is 13.3. The number of aliphatic hydroxyl groups is 1. The Labute approximate surface area is 102 Å². The van der Waals surface area contributed by atoms with E-state index in [1.54, 1.807) is 12.1 Å². The van der Waals surface area contributed by atoms with Crippen molar-refractivity contribution in [1.29, 1.82) is 0 Å². The van der Waals surface area contributed by atoms with Crippen molar-refractivity contribution in [2.75, 3.05) is 6.54 Å². The number of nitrogens with two attached hydrogens (primary N) is 1. The fourth-order valence-electron chi connectivity index (χ4n) is 2.85. The van der Waals surface area contributed by atoms with Crippen LogP contribution in [0.25, 0.3) is 0 Å². The van der Waals surface area contributed by atoms with E-state index in [4.69, 9.17) is 5.73 Å². The number of halogens is 1. The van der Waals surface area contributed by atoms with Gasteiger partial charge in [0, 0.05) is 12.0 Å². The highest BCUT2D eigenvalue weighted by molar-refractivity contribution is 5.28. The van der Waals surface area contributed by atoms with Gasteiger partial charge in [-0.1, -0.05) is 12.5 Å². The molecule has 0 spiro atoms. The largest absolute Gasteiger partial charge is 0.392 e. The third-order valence-corrected chi connectivity index (χ3v) is 4.12. The minimum atomic E-state index is -0.352. The smallest absolute Gasteiger partial charge is 0.123 e. The molecule has 17 heavy (non-hydrogen) atoms. The average Bonchev–Trinajstić information content (AvgIpc) is 2.66. The molecule has 1 aliphatic carbocycles. The van der Waals surface area contributed by atoms with Crippen LogP contribution in [0.5, 0.6) is 0 Å². The Morgan fingerprint density at radius 1 is 1.53 bits per heavy atom. The van der Waals surface area contributed by atoms with Crippen molar-refractivity contribution >= 4 is 0 Å². The summed E-state index contributed by atoms with van der Waals surface area (Å²) < 4.78 is 13.3. The lowest BCUT2D eigenvalue weighted by atomic mass is 9.77. The second-order valence-corrected chi connectivity index (χ2v) is 5.22. The van der Waals surface area contributed by atoms with E-state index in [1.807, 2.05) is 6.92 Å². The Hall–Kier alpha value is -0.930. The number of hydrogen-bond acceptors (Lipinski definition) is 2. The van der Waals surface area contributed by atoms with Crippen LogP contribution in [0.1, 0.15) is 30.4 Å². The van der Waals surface area contributed by atoms with Crippen LogP contribution in [0.3, 0.4) is 0 Å². The Morgan fingerprint density at radius 2 is 2.29 bits per heavy atom. The first-order valence-corrected chi connectivity index (χ1v) is 6.20. The zero-order valence-electron chi connectivity index (χ0n) is 10.2. The van der Waals surface area contributed by atoms with Crippen molar-refractivity contribution in [3.05, 3.63) is 35.1 Å². The van der Waals surface area contributed by atoms with Crippen LogP contribution < -0.4 is 5.73 Å². The van der Waals surface area contributed by atoms with Crippen molar-refractivity contribution in [1.82, 2.24) is 0 Å². The summed E-state index contributed by atoms with van der Waals surface area (Å²) in [5, 5.41) is 10.1. The van der Waals surface area contributed by atoms with E-state index in [1.165, 1.54) is 6.07 Å². The van der Waals surface area contributed by atoms with Crippen LogP contribution in [-0.4, -0.2) is 17.8 Å². The van der Waals surface area contributed by atoms with E-state index in [-0.39, 0.29) is 17.3 Å². The Bertz CT molecular complexity index is 407. The third kappa shape index (κ3) is 2.35. The van der Waals surface area contributed by atoms with Gasteiger partial charge in [-0.3, -0.25) is 0 Å². The van der Waals surface area contributed by atoms with Gasteiger partial charge in [-0.05, 0) is 49.4 Å². The monoisotopic (exact) mass is 237 g/mol. The number of aryl methyl sites for hydroxylation is 1. The molecule has 1 aromatic carbocycles. The van der Waals surface area contributed by atoms with E-state index < -0.39 is 0 Å². The fourth-order valence-corrected chi connectivity index (χ4v) is 2.85. The molecular formula is C14H20FNO. The van der Waals surface area contributed by atoms with Crippen molar-refractivity contribution in [2.24, 2.45) is 11.1 Å². The first-order valence-electron chi connectivity index (χ1n) is 6.20. The van der Waals surface area contributed by atoms with Crippen molar-refractivity contribution in [3.8, 4) is 0 Å². The zero-order chi connectivity index (χ0) is 12.5. The van der Waals surface area contributed by atoms with Crippen molar-refractivity contribution < 1.29 is 9.50 Å². The minimum absolute atomic E-state index is 0.217. The first-order chi connectivity index (χ1) is 8.07. The lowest BCUT2D eigenvalue weighted by Gasteiger charge is -2.32. The Kier molecular flexibility index (Phi) is 3.50. The van der Waals surface area contributed by atoms with Gasteiger partial charge in [-0.2, -0.15) is 0 Å². The Morgan fingerprint density at radius 3 is 2.88 bits per heavy atom. The zero-order valence-corrected chi connectivity index (χ0v) is 10.2. The molecule has 1 saturated carbocycles. The quantitative estimate of drug-likeness (QED) is 0.846. The molecule has 0 aromatic heterocycles. The second-order valence-electron chi connectivity index (χ2n) is 5.22. The highest BCUT2D eigenvalue weighted by Crippen LogP contribution is 2.40. The van der Waals surface area contributed by atoms with Gasteiger partial charge < -0.3 is 10.8 Å². The van der Waals surface area contributed by atoms with E-state index >= 15 is 0 Å². The molecule has 1 fully saturated rings. The molecule has 2 rings (SSSR count). The van der Waals surface area contributed by atoms with Gasteiger partial charge in [0.05, 0.1) is 6.10 Å². The van der Waals surface area contributed by atoms with E-state index in [0.717, 1.165) is 30.4 Å². The first kappa shape index (κ1) is 12.5. The molecule has 0 aliphatic heterocycles. The number of rotatable bonds is 3. The van der Waals surface area contributed by atoms with Gasteiger partial charge in [0.1, 0.15) is 5.82 Å². The normalized spacial score (nSPS) is 28.6. The van der Waals surface area contributed by atoms with Gasteiger partial charge in [-0.15, -0.1) is 0 Å². The van der Waals surface area contributed by atoms with E-state index in [0.29, 0.717) is 13.0 Å². The second kappa shape index (κ2) is 4.75. The summed E-state index contributed by atoms with van der Waals surface area (Å²) in [6, 6.07) is 4.83. The summed E-state index contributed by atoms with van der Waals surface area (Å²) in [5.41, 5.74) is 7.63. The molecule has 94 valence electrons. The molecule has 0 amide bonds. The van der Waals surface area contributed by atoms with Crippen LogP contribution >= 0.6 is 0 Å². The maximum atomic E-state index is 13.3. The van der Waals surface area contributed by atoms with Gasteiger partial charge in [0.15, 0.2) is 0 Å². The summed E-state index contributed by atoms with van der Waals surface area (Å²) in [6.07, 6.45) is 3.07. The van der Waals surface area contributed by atoms with Crippen molar-refractivity contribution in [2.45, 2.75) is 38.7 Å². The molecule has 0 saturated heterocycles. The van der Waals surface area contributed by atoms with Crippen LogP contribution in [-0.2, 0) is 6.42 Å². The molecular weight excluding hydrogens is 217 g/mol.